The number of fused-ring (bicyclic) bond motifs is 1. The Balaban J connectivity index is 1.31. The Bertz CT molecular complexity index is 1220. The van der Waals surface area contributed by atoms with Gasteiger partial charge in [-0.25, -0.2) is 0 Å². The molecule has 0 fully saturated rings. The number of benzene rings is 1. The van der Waals surface area contributed by atoms with Gasteiger partial charge in [0.05, 0.1) is 18.6 Å². The van der Waals surface area contributed by atoms with Crippen molar-refractivity contribution >= 4 is 23.1 Å². The zero-order valence-electron chi connectivity index (χ0n) is 20.3. The summed E-state index contributed by atoms with van der Waals surface area (Å²) in [6.07, 6.45) is 5.91. The molecular weight excluding hydrogens is 458 g/mol. The van der Waals surface area contributed by atoms with Gasteiger partial charge in [0.2, 0.25) is 0 Å². The molecule has 7 heteroatoms. The Morgan fingerprint density at radius 3 is 2.80 bits per heavy atom. The molecule has 1 aromatic carbocycles. The normalized spacial score (nSPS) is 15.7. The molecular formula is C28H31N3O3S. The summed E-state index contributed by atoms with van der Waals surface area (Å²) in [6.45, 7) is 2.47. The van der Waals surface area contributed by atoms with Gasteiger partial charge >= 0.3 is 5.97 Å². The van der Waals surface area contributed by atoms with Crippen molar-refractivity contribution in [3.05, 3.63) is 74.7 Å². The number of rotatable bonds is 10. The number of Topliss-reactive ketones (excluding diaryl/α,β-unsaturated/α-hetero) is 1. The second kappa shape index (κ2) is 11.5. The van der Waals surface area contributed by atoms with Crippen molar-refractivity contribution in [3.8, 4) is 6.07 Å². The van der Waals surface area contributed by atoms with Gasteiger partial charge < -0.3 is 4.74 Å². The molecule has 35 heavy (non-hydrogen) atoms. The number of hydrogen-bond donors (Lipinski definition) is 0. The zero-order valence-corrected chi connectivity index (χ0v) is 21.1. The molecule has 0 bridgehead atoms. The van der Waals surface area contributed by atoms with Crippen LogP contribution >= 0.6 is 11.3 Å². The number of ketones is 1. The van der Waals surface area contributed by atoms with Crippen LogP contribution in [0.25, 0.3) is 0 Å². The predicted molar refractivity (Wildman–Crippen MR) is 135 cm³/mol. The van der Waals surface area contributed by atoms with E-state index in [0.29, 0.717) is 37.9 Å². The fraction of sp³-hybridized carbons (Fsp3) is 0.429. The Labute approximate surface area is 210 Å². The fourth-order valence-electron chi connectivity index (χ4n) is 4.76. The SMILES string of the molecule is CC(CC(=O)Cc1sc2c(c1C#N)CCC(COC(=O)CCc1ccnn1C)C2)c1ccccc1. The number of esters is 1. The first-order valence-electron chi connectivity index (χ1n) is 12.2. The van der Waals surface area contributed by atoms with E-state index < -0.39 is 0 Å². The number of carbonyl (C=O) groups is 2. The highest BCUT2D eigenvalue weighted by Gasteiger charge is 2.27. The van der Waals surface area contributed by atoms with E-state index in [-0.39, 0.29) is 23.6 Å². The summed E-state index contributed by atoms with van der Waals surface area (Å²) in [5, 5.41) is 13.9. The highest BCUT2D eigenvalue weighted by atomic mass is 32.1. The molecule has 0 radical (unpaired) electrons. The first-order chi connectivity index (χ1) is 16.9. The third-order valence-electron chi connectivity index (χ3n) is 6.80. The second-order valence-corrected chi connectivity index (χ2v) is 10.6. The van der Waals surface area contributed by atoms with Crippen LogP contribution < -0.4 is 0 Å². The monoisotopic (exact) mass is 489 g/mol. The maximum absolute atomic E-state index is 12.8. The van der Waals surface area contributed by atoms with Gasteiger partial charge in [0.1, 0.15) is 11.9 Å². The minimum atomic E-state index is -0.195. The molecule has 0 N–H and O–H groups in total. The van der Waals surface area contributed by atoms with Crippen molar-refractivity contribution in [2.45, 2.75) is 57.8 Å². The lowest BCUT2D eigenvalue weighted by Gasteiger charge is -2.22. The first kappa shape index (κ1) is 24.9. The van der Waals surface area contributed by atoms with E-state index in [1.807, 2.05) is 43.4 Å². The van der Waals surface area contributed by atoms with Gasteiger partial charge in [-0.05, 0) is 54.7 Å². The van der Waals surface area contributed by atoms with Crippen LogP contribution in [0.3, 0.4) is 0 Å². The van der Waals surface area contributed by atoms with Crippen LogP contribution in [0.5, 0.6) is 0 Å². The highest BCUT2D eigenvalue weighted by Crippen LogP contribution is 2.37. The molecule has 2 aromatic heterocycles. The van der Waals surface area contributed by atoms with Crippen LogP contribution in [-0.4, -0.2) is 28.1 Å². The van der Waals surface area contributed by atoms with E-state index in [9.17, 15) is 14.9 Å². The molecule has 182 valence electrons. The molecule has 0 saturated carbocycles. The van der Waals surface area contributed by atoms with Gasteiger partial charge in [-0.15, -0.1) is 11.3 Å². The van der Waals surface area contributed by atoms with Crippen LogP contribution in [0.2, 0.25) is 0 Å². The molecule has 6 nitrogen and oxygen atoms in total. The van der Waals surface area contributed by atoms with Gasteiger partial charge in [-0.3, -0.25) is 14.3 Å². The maximum atomic E-state index is 12.8. The van der Waals surface area contributed by atoms with Crippen molar-refractivity contribution in [2.24, 2.45) is 13.0 Å². The molecule has 0 aliphatic heterocycles. The lowest BCUT2D eigenvalue weighted by molar-refractivity contribution is -0.145. The lowest BCUT2D eigenvalue weighted by Crippen LogP contribution is -2.20. The highest BCUT2D eigenvalue weighted by molar-refractivity contribution is 7.12. The number of aromatic nitrogens is 2. The van der Waals surface area contributed by atoms with Gasteiger partial charge in [-0.1, -0.05) is 37.3 Å². The quantitative estimate of drug-likeness (QED) is 0.377. The van der Waals surface area contributed by atoms with Crippen molar-refractivity contribution in [1.29, 1.82) is 5.26 Å². The first-order valence-corrected chi connectivity index (χ1v) is 13.0. The van der Waals surface area contributed by atoms with Crippen molar-refractivity contribution in [2.75, 3.05) is 6.61 Å². The number of ether oxygens (including phenoxy) is 1. The van der Waals surface area contributed by atoms with E-state index in [1.54, 1.807) is 22.2 Å². The van der Waals surface area contributed by atoms with Crippen molar-refractivity contribution in [3.63, 3.8) is 0 Å². The topological polar surface area (TPSA) is 85.0 Å². The van der Waals surface area contributed by atoms with Crippen LogP contribution in [0, 0.1) is 17.2 Å². The summed E-state index contributed by atoms with van der Waals surface area (Å²) in [7, 11) is 1.86. The predicted octanol–water partition coefficient (Wildman–Crippen LogP) is 4.94. The number of aryl methyl sites for hydroxylation is 2. The number of nitriles is 1. The summed E-state index contributed by atoms with van der Waals surface area (Å²) in [5.41, 5.74) is 3.95. The minimum Gasteiger partial charge on any atom is -0.465 e. The average Bonchev–Trinajstić information content (AvgIpc) is 3.43. The summed E-state index contributed by atoms with van der Waals surface area (Å²) in [5.74, 6) is 0.367. The molecule has 4 rings (SSSR count). The Hall–Kier alpha value is -3.24. The molecule has 1 aliphatic rings. The van der Waals surface area contributed by atoms with E-state index in [0.717, 1.165) is 41.0 Å². The van der Waals surface area contributed by atoms with Crippen molar-refractivity contribution < 1.29 is 14.3 Å². The molecule has 2 atom stereocenters. The summed E-state index contributed by atoms with van der Waals surface area (Å²) in [4.78, 5) is 27.1. The molecule has 3 aromatic rings. The number of nitrogens with zero attached hydrogens (tertiary/aromatic N) is 3. The maximum Gasteiger partial charge on any atom is 0.306 e. The van der Waals surface area contributed by atoms with Crippen LogP contribution in [0.1, 0.15) is 64.2 Å². The van der Waals surface area contributed by atoms with Gasteiger partial charge in [-0.2, -0.15) is 10.4 Å². The standard InChI is InChI=1S/C28H31N3O3S/c1-19(21-6-4-3-5-7-21)14-23(32)16-27-25(17-29)24-10-8-20(15-26(24)35-27)18-34-28(33)11-9-22-12-13-30-31(22)2/h3-7,12-13,19-20H,8-11,14-16,18H2,1-2H3. The van der Waals surface area contributed by atoms with E-state index >= 15 is 0 Å². The van der Waals surface area contributed by atoms with Crippen LogP contribution in [-0.2, 0) is 47.1 Å². The van der Waals surface area contributed by atoms with Crippen LogP contribution in [0.4, 0.5) is 0 Å². The second-order valence-electron chi connectivity index (χ2n) is 9.38. The molecule has 0 amide bonds. The van der Waals surface area contributed by atoms with Gasteiger partial charge in [0.15, 0.2) is 0 Å². The summed E-state index contributed by atoms with van der Waals surface area (Å²) >= 11 is 1.59. The number of carbonyl (C=O) groups excluding carboxylic acids is 2. The molecule has 0 spiro atoms. The summed E-state index contributed by atoms with van der Waals surface area (Å²) in [6, 6.07) is 14.3. The fourth-order valence-corrected chi connectivity index (χ4v) is 6.21. The Kier molecular flexibility index (Phi) is 8.14. The average molecular weight is 490 g/mol. The Morgan fingerprint density at radius 1 is 1.29 bits per heavy atom. The molecule has 0 saturated heterocycles. The Morgan fingerprint density at radius 2 is 2.09 bits per heavy atom. The smallest absolute Gasteiger partial charge is 0.306 e. The summed E-state index contributed by atoms with van der Waals surface area (Å²) < 4.78 is 7.33. The number of hydrogen-bond acceptors (Lipinski definition) is 6. The van der Waals surface area contributed by atoms with E-state index in [4.69, 9.17) is 4.74 Å². The third kappa shape index (κ3) is 6.26. The lowest BCUT2D eigenvalue weighted by atomic mass is 9.87. The molecule has 2 unspecified atom stereocenters. The third-order valence-corrected chi connectivity index (χ3v) is 8.05. The number of thiophene rings is 1. The zero-order chi connectivity index (χ0) is 24.8. The largest absolute Gasteiger partial charge is 0.465 e. The van der Waals surface area contributed by atoms with E-state index in [1.165, 1.54) is 4.88 Å². The van der Waals surface area contributed by atoms with Crippen LogP contribution in [0.15, 0.2) is 42.6 Å². The molecule has 1 aliphatic carbocycles. The molecule has 2 heterocycles. The minimum absolute atomic E-state index is 0.153. The van der Waals surface area contributed by atoms with Gasteiger partial charge in [0, 0.05) is 41.5 Å². The van der Waals surface area contributed by atoms with Crippen molar-refractivity contribution in [1.82, 2.24) is 9.78 Å². The van der Waals surface area contributed by atoms with E-state index in [2.05, 4.69) is 18.1 Å². The van der Waals surface area contributed by atoms with Gasteiger partial charge in [0.25, 0.3) is 0 Å².